The number of hydrogen-bond donors (Lipinski definition) is 3. The van der Waals surface area contributed by atoms with Gasteiger partial charge in [0.1, 0.15) is 0 Å². The highest BCUT2D eigenvalue weighted by Crippen LogP contribution is 2.12. The molecule has 0 spiro atoms. The average molecular weight is 539 g/mol. The fourth-order valence-corrected chi connectivity index (χ4v) is 3.63. The number of sulfonamides is 1. The van der Waals surface area contributed by atoms with Crippen LogP contribution in [0.2, 0.25) is 0 Å². The lowest BCUT2D eigenvalue weighted by Gasteiger charge is -2.32. The minimum absolute atomic E-state index is 0. The highest BCUT2D eigenvalue weighted by atomic mass is 127. The number of piperidine rings is 1. The number of amides is 1. The SMILES string of the molecule is CCOC(=O)N1CCC(NC(=NC)NCc2ccc(S(=O)(=O)NC)cc2)CC1.I. The molecule has 1 saturated heterocycles. The molecule has 1 aliphatic rings. The Kier molecular flexibility index (Phi) is 10.7. The van der Waals surface area contributed by atoms with Crippen LogP contribution in [0.1, 0.15) is 25.3 Å². The predicted molar refractivity (Wildman–Crippen MR) is 123 cm³/mol. The molecule has 0 unspecified atom stereocenters. The molecule has 0 radical (unpaired) electrons. The molecule has 0 bridgehead atoms. The number of ether oxygens (including phenoxy) is 1. The molecule has 0 atom stereocenters. The number of carbonyl (C=O) groups is 1. The molecule has 9 nitrogen and oxygen atoms in total. The van der Waals surface area contributed by atoms with Gasteiger partial charge in [0.05, 0.1) is 11.5 Å². The molecule has 1 aromatic carbocycles. The number of nitrogens with zero attached hydrogens (tertiary/aromatic N) is 2. The number of carbonyl (C=O) groups excluding carboxylic acids is 1. The van der Waals surface area contributed by atoms with Crippen molar-refractivity contribution in [3.63, 3.8) is 0 Å². The molecule has 164 valence electrons. The maximum Gasteiger partial charge on any atom is 0.409 e. The van der Waals surface area contributed by atoms with Crippen LogP contribution in [-0.2, 0) is 21.3 Å². The van der Waals surface area contributed by atoms with Crippen molar-refractivity contribution in [2.24, 2.45) is 4.99 Å². The molecule has 0 saturated carbocycles. The van der Waals surface area contributed by atoms with Crippen LogP contribution in [0.25, 0.3) is 0 Å². The first-order valence-electron chi connectivity index (χ1n) is 9.31. The monoisotopic (exact) mass is 539 g/mol. The van der Waals surface area contributed by atoms with Crippen molar-refractivity contribution in [1.29, 1.82) is 0 Å². The number of aliphatic imine (C=N–C) groups is 1. The minimum atomic E-state index is -3.43. The third-order valence-electron chi connectivity index (χ3n) is 4.55. The Morgan fingerprint density at radius 2 is 1.86 bits per heavy atom. The van der Waals surface area contributed by atoms with Crippen LogP contribution in [0.15, 0.2) is 34.2 Å². The van der Waals surface area contributed by atoms with Gasteiger partial charge in [-0.25, -0.2) is 17.9 Å². The number of hydrogen-bond acceptors (Lipinski definition) is 5. The summed E-state index contributed by atoms with van der Waals surface area (Å²) in [6.45, 7) is 4.00. The van der Waals surface area contributed by atoms with E-state index in [9.17, 15) is 13.2 Å². The number of rotatable bonds is 6. The first kappa shape index (κ1) is 25.4. The molecule has 1 aromatic rings. The van der Waals surface area contributed by atoms with Gasteiger partial charge >= 0.3 is 6.09 Å². The zero-order valence-corrected chi connectivity index (χ0v) is 20.1. The Hall–Kier alpha value is -1.60. The summed E-state index contributed by atoms with van der Waals surface area (Å²) in [5, 5.41) is 6.59. The topological polar surface area (TPSA) is 112 Å². The number of likely N-dealkylation sites (tertiary alicyclic amines) is 1. The van der Waals surface area contributed by atoms with Gasteiger partial charge in [-0.05, 0) is 44.5 Å². The van der Waals surface area contributed by atoms with Gasteiger partial charge in [0.25, 0.3) is 0 Å². The van der Waals surface area contributed by atoms with E-state index in [2.05, 4.69) is 20.3 Å². The van der Waals surface area contributed by atoms with E-state index in [0.29, 0.717) is 32.2 Å². The van der Waals surface area contributed by atoms with Gasteiger partial charge in [-0.2, -0.15) is 0 Å². The zero-order chi connectivity index (χ0) is 20.6. The molecule has 11 heteroatoms. The Bertz CT molecular complexity index is 778. The summed E-state index contributed by atoms with van der Waals surface area (Å²) in [7, 11) is -0.341. The van der Waals surface area contributed by atoms with Crippen molar-refractivity contribution < 1.29 is 17.9 Å². The molecular weight excluding hydrogens is 509 g/mol. The molecule has 0 aromatic heterocycles. The van der Waals surface area contributed by atoms with E-state index >= 15 is 0 Å². The number of guanidine groups is 1. The maximum absolute atomic E-state index is 11.8. The normalized spacial score (nSPS) is 15.4. The first-order chi connectivity index (χ1) is 13.4. The van der Waals surface area contributed by atoms with Gasteiger partial charge in [0, 0.05) is 32.7 Å². The summed E-state index contributed by atoms with van der Waals surface area (Å²) in [5.41, 5.74) is 0.940. The van der Waals surface area contributed by atoms with Gasteiger partial charge in [-0.3, -0.25) is 4.99 Å². The second-order valence-corrected chi connectivity index (χ2v) is 8.27. The summed E-state index contributed by atoms with van der Waals surface area (Å²) >= 11 is 0. The highest BCUT2D eigenvalue weighted by molar-refractivity contribution is 14.0. The second-order valence-electron chi connectivity index (χ2n) is 6.38. The van der Waals surface area contributed by atoms with Crippen LogP contribution in [0.4, 0.5) is 4.79 Å². The Balaban J connectivity index is 0.00000420. The van der Waals surface area contributed by atoms with Crippen LogP contribution in [-0.4, -0.2) is 65.2 Å². The van der Waals surface area contributed by atoms with E-state index in [0.717, 1.165) is 18.4 Å². The van der Waals surface area contributed by atoms with E-state index in [-0.39, 0.29) is 41.0 Å². The zero-order valence-electron chi connectivity index (χ0n) is 17.0. The molecule has 1 amide bonds. The fourth-order valence-electron chi connectivity index (χ4n) is 2.90. The van der Waals surface area contributed by atoms with E-state index in [1.165, 1.54) is 7.05 Å². The summed E-state index contributed by atoms with van der Waals surface area (Å²) in [4.78, 5) is 17.9. The summed E-state index contributed by atoms with van der Waals surface area (Å²) < 4.78 is 30.8. The summed E-state index contributed by atoms with van der Waals surface area (Å²) in [6.07, 6.45) is 1.37. The van der Waals surface area contributed by atoms with E-state index in [1.807, 2.05) is 0 Å². The van der Waals surface area contributed by atoms with Gasteiger partial charge in [-0.15, -0.1) is 24.0 Å². The summed E-state index contributed by atoms with van der Waals surface area (Å²) in [6, 6.07) is 6.90. The highest BCUT2D eigenvalue weighted by Gasteiger charge is 2.24. The lowest BCUT2D eigenvalue weighted by atomic mass is 10.1. The maximum atomic E-state index is 11.8. The predicted octanol–water partition coefficient (Wildman–Crippen LogP) is 1.50. The number of halogens is 1. The van der Waals surface area contributed by atoms with Crippen molar-refractivity contribution >= 4 is 46.1 Å². The first-order valence-corrected chi connectivity index (χ1v) is 10.8. The van der Waals surface area contributed by atoms with Crippen molar-refractivity contribution in [3.05, 3.63) is 29.8 Å². The Morgan fingerprint density at radius 1 is 1.24 bits per heavy atom. The third-order valence-corrected chi connectivity index (χ3v) is 5.98. The van der Waals surface area contributed by atoms with Crippen LogP contribution in [0.3, 0.4) is 0 Å². The Morgan fingerprint density at radius 3 is 2.38 bits per heavy atom. The fraction of sp³-hybridized carbons (Fsp3) is 0.556. The summed E-state index contributed by atoms with van der Waals surface area (Å²) in [5.74, 6) is 0.668. The second kappa shape index (κ2) is 12.2. The van der Waals surface area contributed by atoms with Gasteiger partial charge in [0.2, 0.25) is 10.0 Å². The number of nitrogens with one attached hydrogen (secondary N) is 3. The molecule has 29 heavy (non-hydrogen) atoms. The quantitative estimate of drug-likeness (QED) is 0.287. The smallest absolute Gasteiger partial charge is 0.409 e. The van der Waals surface area contributed by atoms with E-state index in [4.69, 9.17) is 4.74 Å². The number of benzene rings is 1. The van der Waals surface area contributed by atoms with Crippen LogP contribution in [0, 0.1) is 0 Å². The van der Waals surface area contributed by atoms with Crippen LogP contribution < -0.4 is 15.4 Å². The van der Waals surface area contributed by atoms with Gasteiger partial charge in [-0.1, -0.05) is 12.1 Å². The molecule has 1 heterocycles. The van der Waals surface area contributed by atoms with Crippen molar-refractivity contribution in [1.82, 2.24) is 20.3 Å². The minimum Gasteiger partial charge on any atom is -0.450 e. The largest absolute Gasteiger partial charge is 0.450 e. The molecule has 2 rings (SSSR count). The van der Waals surface area contributed by atoms with Crippen molar-refractivity contribution in [2.75, 3.05) is 33.8 Å². The van der Waals surface area contributed by atoms with Gasteiger partial charge in [0.15, 0.2) is 5.96 Å². The molecule has 1 fully saturated rings. The lowest BCUT2D eigenvalue weighted by molar-refractivity contribution is 0.0963. The third kappa shape index (κ3) is 7.63. The van der Waals surface area contributed by atoms with E-state index in [1.54, 1.807) is 43.1 Å². The molecule has 1 aliphatic heterocycles. The van der Waals surface area contributed by atoms with Crippen molar-refractivity contribution in [3.8, 4) is 0 Å². The van der Waals surface area contributed by atoms with Crippen LogP contribution in [0.5, 0.6) is 0 Å². The average Bonchev–Trinajstić information content (AvgIpc) is 2.72. The molecule has 0 aliphatic carbocycles. The van der Waals surface area contributed by atoms with E-state index < -0.39 is 10.0 Å². The molecular formula is C18H30IN5O4S. The van der Waals surface area contributed by atoms with Crippen molar-refractivity contribution in [2.45, 2.75) is 37.2 Å². The lowest BCUT2D eigenvalue weighted by Crippen LogP contribution is -2.49. The standard InChI is InChI=1S/C18H29N5O4S.HI/c1-4-27-18(24)23-11-9-15(10-12-23)22-17(19-2)21-13-14-5-7-16(8-6-14)28(25,26)20-3;/h5-8,15,20H,4,9-13H2,1-3H3,(H2,19,21,22);1H. The molecule has 3 N–H and O–H groups in total. The van der Waals surface area contributed by atoms with Crippen LogP contribution >= 0.6 is 24.0 Å². The van der Waals surface area contributed by atoms with Gasteiger partial charge < -0.3 is 20.3 Å². The Labute approximate surface area is 189 Å².